The van der Waals surface area contributed by atoms with Crippen LogP contribution in [0.5, 0.6) is 5.75 Å². The molecule has 0 amide bonds. The van der Waals surface area contributed by atoms with Crippen LogP contribution in [0.25, 0.3) is 0 Å². The van der Waals surface area contributed by atoms with E-state index in [-0.39, 0.29) is 6.10 Å². The van der Waals surface area contributed by atoms with E-state index in [1.165, 1.54) is 24.9 Å². The molecule has 0 N–H and O–H groups in total. The third-order valence-electron chi connectivity index (χ3n) is 4.28. The molecule has 3 rings (SSSR count). The second kappa shape index (κ2) is 6.77. The maximum Gasteiger partial charge on any atom is 0.136 e. The van der Waals surface area contributed by atoms with Gasteiger partial charge in [0.1, 0.15) is 11.9 Å². The predicted molar refractivity (Wildman–Crippen MR) is 86.5 cm³/mol. The van der Waals surface area contributed by atoms with Gasteiger partial charge in [0.2, 0.25) is 0 Å². The van der Waals surface area contributed by atoms with Crippen LogP contribution in [0, 0.1) is 0 Å². The van der Waals surface area contributed by atoms with E-state index < -0.39 is 0 Å². The Bertz CT molecular complexity index is 540. The highest BCUT2D eigenvalue weighted by molar-refractivity contribution is 5.24. The molecule has 1 aliphatic heterocycles. The number of ether oxygens (including phenoxy) is 1. The molecule has 0 saturated carbocycles. The molecular weight excluding hydrogens is 258 g/mol. The second-order valence-corrected chi connectivity index (χ2v) is 5.82. The Morgan fingerprint density at radius 2 is 1.71 bits per heavy atom. The molecule has 2 aromatic rings. The van der Waals surface area contributed by atoms with E-state index in [0.717, 1.165) is 12.3 Å². The van der Waals surface area contributed by atoms with Gasteiger partial charge in [0.05, 0.1) is 0 Å². The number of para-hydroxylation sites is 1. The van der Waals surface area contributed by atoms with Crippen molar-refractivity contribution in [1.82, 2.24) is 4.90 Å². The zero-order chi connectivity index (χ0) is 14.5. The van der Waals surface area contributed by atoms with E-state index in [1.54, 1.807) is 0 Å². The smallest absolute Gasteiger partial charge is 0.136 e. The molecule has 2 nitrogen and oxygen atoms in total. The van der Waals surface area contributed by atoms with Crippen molar-refractivity contribution in [3.63, 3.8) is 0 Å². The van der Waals surface area contributed by atoms with Gasteiger partial charge in [0, 0.05) is 12.6 Å². The van der Waals surface area contributed by atoms with Crippen LogP contribution < -0.4 is 4.74 Å². The average molecular weight is 281 g/mol. The lowest BCUT2D eigenvalue weighted by Crippen LogP contribution is -2.33. The number of likely N-dealkylation sites (tertiary alicyclic amines) is 1. The number of benzene rings is 2. The Balaban J connectivity index is 1.77. The van der Waals surface area contributed by atoms with Crippen LogP contribution in [0.3, 0.4) is 0 Å². The molecule has 0 aliphatic carbocycles. The summed E-state index contributed by atoms with van der Waals surface area (Å²) in [6.07, 6.45) is 2.69. The molecule has 2 aromatic carbocycles. The van der Waals surface area contributed by atoms with Gasteiger partial charge in [0.15, 0.2) is 0 Å². The standard InChI is InChI=1S/C19H23NO/c1-16-9-8-14-20(16)15-19(17-10-4-2-5-11-17)21-18-12-6-3-7-13-18/h2-7,10-13,16,19H,8-9,14-15H2,1H3. The normalized spacial score (nSPS) is 20.3. The first-order chi connectivity index (χ1) is 10.3. The van der Waals surface area contributed by atoms with Crippen LogP contribution in [-0.2, 0) is 0 Å². The first-order valence-electron chi connectivity index (χ1n) is 7.83. The van der Waals surface area contributed by atoms with Gasteiger partial charge in [-0.25, -0.2) is 0 Å². The number of hydrogen-bond donors (Lipinski definition) is 0. The molecular formula is C19H23NO. The Morgan fingerprint density at radius 3 is 2.33 bits per heavy atom. The molecule has 2 heteroatoms. The Hall–Kier alpha value is -1.80. The highest BCUT2D eigenvalue weighted by Crippen LogP contribution is 2.26. The fourth-order valence-corrected chi connectivity index (χ4v) is 3.02. The third-order valence-corrected chi connectivity index (χ3v) is 4.28. The molecule has 0 aromatic heterocycles. The fraction of sp³-hybridized carbons (Fsp3) is 0.368. The largest absolute Gasteiger partial charge is 0.484 e. The van der Waals surface area contributed by atoms with Gasteiger partial charge in [-0.1, -0.05) is 48.5 Å². The Morgan fingerprint density at radius 1 is 1.05 bits per heavy atom. The number of hydrogen-bond acceptors (Lipinski definition) is 2. The van der Waals surface area contributed by atoms with Crippen molar-refractivity contribution < 1.29 is 4.74 Å². The maximum absolute atomic E-state index is 6.27. The van der Waals surface area contributed by atoms with E-state index >= 15 is 0 Å². The van der Waals surface area contributed by atoms with Crippen molar-refractivity contribution in [2.45, 2.75) is 31.9 Å². The zero-order valence-corrected chi connectivity index (χ0v) is 12.6. The van der Waals surface area contributed by atoms with Crippen molar-refractivity contribution in [3.05, 3.63) is 66.2 Å². The van der Waals surface area contributed by atoms with Gasteiger partial charge >= 0.3 is 0 Å². The number of rotatable bonds is 5. The lowest BCUT2D eigenvalue weighted by atomic mass is 10.1. The summed E-state index contributed by atoms with van der Waals surface area (Å²) in [4.78, 5) is 2.54. The lowest BCUT2D eigenvalue weighted by Gasteiger charge is -2.28. The highest BCUT2D eigenvalue weighted by atomic mass is 16.5. The van der Waals surface area contributed by atoms with E-state index in [4.69, 9.17) is 4.74 Å². The second-order valence-electron chi connectivity index (χ2n) is 5.82. The van der Waals surface area contributed by atoms with Crippen LogP contribution in [0.15, 0.2) is 60.7 Å². The quantitative estimate of drug-likeness (QED) is 0.810. The van der Waals surface area contributed by atoms with E-state index in [9.17, 15) is 0 Å². The van der Waals surface area contributed by atoms with Crippen LogP contribution in [0.1, 0.15) is 31.4 Å². The minimum absolute atomic E-state index is 0.0918. The van der Waals surface area contributed by atoms with Gasteiger partial charge in [-0.05, 0) is 44.0 Å². The first-order valence-corrected chi connectivity index (χ1v) is 7.83. The SMILES string of the molecule is CC1CCCN1CC(Oc1ccccc1)c1ccccc1. The van der Waals surface area contributed by atoms with Crippen molar-refractivity contribution in [2.24, 2.45) is 0 Å². The summed E-state index contributed by atoms with van der Waals surface area (Å²) in [6, 6.07) is 21.3. The Labute approximate surface area is 127 Å². The summed E-state index contributed by atoms with van der Waals surface area (Å²) >= 11 is 0. The third kappa shape index (κ3) is 3.64. The topological polar surface area (TPSA) is 12.5 Å². The van der Waals surface area contributed by atoms with Gasteiger partial charge in [0.25, 0.3) is 0 Å². The lowest BCUT2D eigenvalue weighted by molar-refractivity contribution is 0.129. The summed E-state index contributed by atoms with van der Waals surface area (Å²) < 4.78 is 6.27. The zero-order valence-electron chi connectivity index (χ0n) is 12.6. The summed E-state index contributed by atoms with van der Waals surface area (Å²) in [7, 11) is 0. The van der Waals surface area contributed by atoms with Gasteiger partial charge in [-0.2, -0.15) is 0 Å². The van der Waals surface area contributed by atoms with E-state index in [2.05, 4.69) is 42.2 Å². The highest BCUT2D eigenvalue weighted by Gasteiger charge is 2.25. The molecule has 1 saturated heterocycles. The molecule has 0 radical (unpaired) electrons. The summed E-state index contributed by atoms with van der Waals surface area (Å²) in [5, 5.41) is 0. The first kappa shape index (κ1) is 14.2. The molecule has 2 atom stereocenters. The van der Waals surface area contributed by atoms with Crippen LogP contribution >= 0.6 is 0 Å². The predicted octanol–water partition coefficient (Wildman–Crippen LogP) is 4.29. The van der Waals surface area contributed by atoms with E-state index in [1.807, 2.05) is 30.3 Å². The summed E-state index contributed by atoms with van der Waals surface area (Å²) in [5.41, 5.74) is 1.25. The van der Waals surface area contributed by atoms with Crippen LogP contribution in [0.4, 0.5) is 0 Å². The van der Waals surface area contributed by atoms with Gasteiger partial charge in [-0.15, -0.1) is 0 Å². The van der Waals surface area contributed by atoms with Crippen molar-refractivity contribution >= 4 is 0 Å². The molecule has 110 valence electrons. The average Bonchev–Trinajstić information content (AvgIpc) is 2.94. The maximum atomic E-state index is 6.27. The molecule has 21 heavy (non-hydrogen) atoms. The monoisotopic (exact) mass is 281 g/mol. The van der Waals surface area contributed by atoms with Gasteiger partial charge in [-0.3, -0.25) is 4.90 Å². The van der Waals surface area contributed by atoms with Crippen molar-refractivity contribution in [1.29, 1.82) is 0 Å². The molecule has 1 aliphatic rings. The van der Waals surface area contributed by atoms with Gasteiger partial charge < -0.3 is 4.74 Å². The van der Waals surface area contributed by atoms with Crippen LogP contribution in [-0.4, -0.2) is 24.0 Å². The molecule has 1 fully saturated rings. The van der Waals surface area contributed by atoms with Crippen molar-refractivity contribution in [3.8, 4) is 5.75 Å². The van der Waals surface area contributed by atoms with Crippen molar-refractivity contribution in [2.75, 3.05) is 13.1 Å². The van der Waals surface area contributed by atoms with Crippen LogP contribution in [0.2, 0.25) is 0 Å². The van der Waals surface area contributed by atoms with E-state index in [0.29, 0.717) is 6.04 Å². The molecule has 2 unspecified atom stereocenters. The Kier molecular flexibility index (Phi) is 4.56. The molecule has 0 spiro atoms. The summed E-state index contributed by atoms with van der Waals surface area (Å²) in [6.45, 7) is 4.46. The molecule has 1 heterocycles. The fourth-order valence-electron chi connectivity index (χ4n) is 3.02. The minimum atomic E-state index is 0.0918. The molecule has 0 bridgehead atoms. The minimum Gasteiger partial charge on any atom is -0.484 e. The number of nitrogens with zero attached hydrogens (tertiary/aromatic N) is 1. The summed E-state index contributed by atoms with van der Waals surface area (Å²) in [5.74, 6) is 0.943.